The summed E-state index contributed by atoms with van der Waals surface area (Å²) in [4.78, 5) is 23.7. The first-order valence-corrected chi connectivity index (χ1v) is 10.3. The molecule has 0 aliphatic heterocycles. The third-order valence-electron chi connectivity index (χ3n) is 4.19. The van der Waals surface area contributed by atoms with Gasteiger partial charge in [-0.2, -0.15) is 0 Å². The summed E-state index contributed by atoms with van der Waals surface area (Å²) in [5, 5.41) is 0. The molecule has 2 rings (SSSR count). The fraction of sp³-hybridized carbons (Fsp3) is 0.280. The van der Waals surface area contributed by atoms with E-state index in [1.54, 1.807) is 24.3 Å². The fourth-order valence-electron chi connectivity index (χ4n) is 2.46. The molecule has 0 atom stereocenters. The van der Waals surface area contributed by atoms with E-state index in [-0.39, 0.29) is 0 Å². The highest BCUT2D eigenvalue weighted by atomic mass is 16.6. The summed E-state index contributed by atoms with van der Waals surface area (Å²) in [6.45, 7) is 9.70. The lowest BCUT2D eigenvalue weighted by Crippen LogP contribution is -2.12. The summed E-state index contributed by atoms with van der Waals surface area (Å²) >= 11 is 0. The van der Waals surface area contributed by atoms with Crippen molar-refractivity contribution in [2.24, 2.45) is 0 Å². The standard InChI is InChI=1S/C25H28O8/c1-4-19(2)31-17-15-29-13-14-30-16-18-32-22-9-5-21(6-10-22)25(27)33-23-11-7-20(8-12-23)24(26)28-3/h4-12H,1-2,13-18H2,3H3. The van der Waals surface area contributed by atoms with Crippen molar-refractivity contribution < 1.29 is 38.0 Å². The summed E-state index contributed by atoms with van der Waals surface area (Å²) in [5.74, 6) is 0.468. The molecule has 0 bridgehead atoms. The molecule has 33 heavy (non-hydrogen) atoms. The van der Waals surface area contributed by atoms with E-state index >= 15 is 0 Å². The third kappa shape index (κ3) is 9.59. The molecule has 2 aromatic rings. The zero-order valence-corrected chi connectivity index (χ0v) is 18.6. The van der Waals surface area contributed by atoms with Gasteiger partial charge in [-0.15, -0.1) is 0 Å². The second-order valence-corrected chi connectivity index (χ2v) is 6.52. The van der Waals surface area contributed by atoms with Crippen molar-refractivity contribution in [3.63, 3.8) is 0 Å². The molecular weight excluding hydrogens is 428 g/mol. The first-order valence-electron chi connectivity index (χ1n) is 10.3. The minimum Gasteiger partial charge on any atom is -0.492 e. The lowest BCUT2D eigenvalue weighted by atomic mass is 10.2. The molecule has 0 saturated heterocycles. The molecule has 0 saturated carbocycles. The molecular formula is C25H28O8. The van der Waals surface area contributed by atoms with Crippen LogP contribution in [-0.2, 0) is 18.9 Å². The summed E-state index contributed by atoms with van der Waals surface area (Å²) in [7, 11) is 1.30. The van der Waals surface area contributed by atoms with E-state index in [0.717, 1.165) is 0 Å². The topological polar surface area (TPSA) is 89.5 Å². The molecule has 0 fully saturated rings. The van der Waals surface area contributed by atoms with Crippen LogP contribution in [0.4, 0.5) is 0 Å². The van der Waals surface area contributed by atoms with Gasteiger partial charge in [-0.25, -0.2) is 9.59 Å². The highest BCUT2D eigenvalue weighted by Gasteiger charge is 2.10. The van der Waals surface area contributed by atoms with Crippen molar-refractivity contribution in [1.29, 1.82) is 0 Å². The van der Waals surface area contributed by atoms with Crippen molar-refractivity contribution in [3.8, 4) is 11.5 Å². The molecule has 0 amide bonds. The van der Waals surface area contributed by atoms with Crippen LogP contribution in [0.2, 0.25) is 0 Å². The molecule has 0 spiro atoms. The normalized spacial score (nSPS) is 10.2. The maximum atomic E-state index is 12.3. The number of allylic oxidation sites excluding steroid dienone is 1. The molecule has 8 nitrogen and oxygen atoms in total. The van der Waals surface area contributed by atoms with Crippen LogP contribution in [0.25, 0.3) is 0 Å². The fourth-order valence-corrected chi connectivity index (χ4v) is 2.46. The zero-order chi connectivity index (χ0) is 23.9. The number of benzene rings is 2. The monoisotopic (exact) mass is 456 g/mol. The van der Waals surface area contributed by atoms with Gasteiger partial charge in [-0.1, -0.05) is 13.2 Å². The van der Waals surface area contributed by atoms with Gasteiger partial charge >= 0.3 is 11.9 Å². The number of hydrogen-bond donors (Lipinski definition) is 0. The van der Waals surface area contributed by atoms with Gasteiger partial charge in [0.25, 0.3) is 0 Å². The molecule has 0 unspecified atom stereocenters. The Kier molecular flexibility index (Phi) is 11.2. The molecule has 8 heteroatoms. The van der Waals surface area contributed by atoms with Crippen LogP contribution in [0.3, 0.4) is 0 Å². The Bertz CT molecular complexity index is 903. The Hall–Kier alpha value is -3.62. The van der Waals surface area contributed by atoms with E-state index in [0.29, 0.717) is 68.0 Å². The van der Waals surface area contributed by atoms with Gasteiger partial charge in [0.2, 0.25) is 0 Å². The molecule has 176 valence electrons. The lowest BCUT2D eigenvalue weighted by Gasteiger charge is -2.09. The summed E-state index contributed by atoms with van der Waals surface area (Å²) in [6, 6.07) is 12.7. The van der Waals surface area contributed by atoms with Crippen molar-refractivity contribution in [2.45, 2.75) is 0 Å². The molecule has 0 aliphatic rings. The Labute approximate surface area is 193 Å². The number of esters is 2. The van der Waals surface area contributed by atoms with E-state index in [2.05, 4.69) is 17.9 Å². The van der Waals surface area contributed by atoms with Gasteiger partial charge in [-0.3, -0.25) is 0 Å². The number of methoxy groups -OCH3 is 1. The van der Waals surface area contributed by atoms with Gasteiger partial charge < -0.3 is 28.4 Å². The minimum atomic E-state index is -0.519. The van der Waals surface area contributed by atoms with Crippen LogP contribution in [-0.4, -0.2) is 58.7 Å². The summed E-state index contributed by atoms with van der Waals surface area (Å²) in [5.41, 5.74) is 0.740. The number of rotatable bonds is 15. The van der Waals surface area contributed by atoms with Crippen molar-refractivity contribution in [3.05, 3.63) is 84.7 Å². The van der Waals surface area contributed by atoms with E-state index in [1.807, 2.05) is 0 Å². The molecule has 2 aromatic carbocycles. The van der Waals surface area contributed by atoms with E-state index in [4.69, 9.17) is 23.7 Å². The highest BCUT2D eigenvalue weighted by molar-refractivity contribution is 5.92. The van der Waals surface area contributed by atoms with E-state index in [1.165, 1.54) is 37.5 Å². The van der Waals surface area contributed by atoms with Crippen LogP contribution in [0.5, 0.6) is 11.5 Å². The second kappa shape index (κ2) is 14.4. The molecule has 0 N–H and O–H groups in total. The van der Waals surface area contributed by atoms with Crippen LogP contribution in [0.1, 0.15) is 20.7 Å². The Morgan fingerprint density at radius 2 is 1.27 bits per heavy atom. The molecule has 0 aromatic heterocycles. The van der Waals surface area contributed by atoms with Crippen molar-refractivity contribution >= 4 is 11.9 Å². The largest absolute Gasteiger partial charge is 0.492 e. The molecule has 0 heterocycles. The van der Waals surface area contributed by atoms with Crippen LogP contribution in [0.15, 0.2) is 73.5 Å². The number of hydrogen-bond acceptors (Lipinski definition) is 8. The zero-order valence-electron chi connectivity index (χ0n) is 18.6. The average Bonchev–Trinajstić information content (AvgIpc) is 2.85. The Balaban J connectivity index is 1.61. The van der Waals surface area contributed by atoms with Crippen molar-refractivity contribution in [2.75, 3.05) is 46.8 Å². The van der Waals surface area contributed by atoms with Gasteiger partial charge in [-0.05, 0) is 54.6 Å². The predicted molar refractivity (Wildman–Crippen MR) is 122 cm³/mol. The first-order chi connectivity index (χ1) is 16.0. The van der Waals surface area contributed by atoms with E-state index in [9.17, 15) is 9.59 Å². The summed E-state index contributed by atoms with van der Waals surface area (Å²) < 4.78 is 31.5. The summed E-state index contributed by atoms with van der Waals surface area (Å²) in [6.07, 6.45) is 1.54. The van der Waals surface area contributed by atoms with Gasteiger partial charge in [0.05, 0.1) is 44.7 Å². The smallest absolute Gasteiger partial charge is 0.343 e. The van der Waals surface area contributed by atoms with Gasteiger partial charge in [0.15, 0.2) is 0 Å². The van der Waals surface area contributed by atoms with E-state index < -0.39 is 11.9 Å². The quantitative estimate of drug-likeness (QED) is 0.131. The third-order valence-corrected chi connectivity index (χ3v) is 4.19. The molecule has 0 radical (unpaired) electrons. The second-order valence-electron chi connectivity index (χ2n) is 6.52. The Morgan fingerprint density at radius 3 is 1.85 bits per heavy atom. The number of ether oxygens (including phenoxy) is 6. The van der Waals surface area contributed by atoms with Gasteiger partial charge in [0.1, 0.15) is 30.5 Å². The SMILES string of the molecule is C=CC(=C)OCCOCCOCCOc1ccc(C(=O)Oc2ccc(C(=O)OC)cc2)cc1. The van der Waals surface area contributed by atoms with Crippen LogP contribution in [0, 0.1) is 0 Å². The first kappa shape index (κ1) is 25.6. The minimum absolute atomic E-state index is 0.323. The Morgan fingerprint density at radius 1 is 0.758 bits per heavy atom. The van der Waals surface area contributed by atoms with Gasteiger partial charge in [0, 0.05) is 0 Å². The predicted octanol–water partition coefficient (Wildman–Crippen LogP) is 3.82. The average molecular weight is 456 g/mol. The molecule has 0 aliphatic carbocycles. The number of carbonyl (C=O) groups excluding carboxylic acids is 2. The highest BCUT2D eigenvalue weighted by Crippen LogP contribution is 2.17. The lowest BCUT2D eigenvalue weighted by molar-refractivity contribution is 0.0209. The van der Waals surface area contributed by atoms with Crippen LogP contribution < -0.4 is 9.47 Å². The van der Waals surface area contributed by atoms with Crippen molar-refractivity contribution in [1.82, 2.24) is 0 Å². The number of carbonyl (C=O) groups is 2. The maximum Gasteiger partial charge on any atom is 0.343 e. The van der Waals surface area contributed by atoms with Crippen LogP contribution >= 0.6 is 0 Å². The maximum absolute atomic E-state index is 12.3.